The van der Waals surface area contributed by atoms with Crippen molar-refractivity contribution < 1.29 is 4.74 Å². The molecule has 0 unspecified atom stereocenters. The first-order valence-corrected chi connectivity index (χ1v) is 9.07. The molecule has 1 fully saturated rings. The normalized spacial score (nSPS) is 18.5. The summed E-state index contributed by atoms with van der Waals surface area (Å²) in [4.78, 5) is 5.56. The van der Waals surface area contributed by atoms with E-state index in [4.69, 9.17) is 4.74 Å². The zero-order valence-electron chi connectivity index (χ0n) is 14.2. The van der Waals surface area contributed by atoms with Crippen LogP contribution in [0.5, 0.6) is 0 Å². The Morgan fingerprint density at radius 2 is 2.25 bits per heavy atom. The van der Waals surface area contributed by atoms with Crippen LogP contribution < -0.4 is 5.32 Å². The van der Waals surface area contributed by atoms with Gasteiger partial charge in [0.05, 0.1) is 36.4 Å². The topological polar surface area (TPSA) is 69.3 Å². The van der Waals surface area contributed by atoms with E-state index >= 15 is 0 Å². The third kappa shape index (κ3) is 3.16. The van der Waals surface area contributed by atoms with Crippen molar-refractivity contribution in [3.8, 4) is 0 Å². The van der Waals surface area contributed by atoms with E-state index in [1.54, 1.807) is 0 Å². The van der Waals surface area contributed by atoms with E-state index in [1.165, 1.54) is 11.3 Å². The van der Waals surface area contributed by atoms with Crippen molar-refractivity contribution in [3.63, 3.8) is 0 Å². The fraction of sp³-hybridized carbons (Fsp3) is 0.562. The van der Waals surface area contributed by atoms with E-state index in [-0.39, 0.29) is 11.5 Å². The maximum absolute atomic E-state index is 5.65. The Balaban J connectivity index is 1.46. The van der Waals surface area contributed by atoms with E-state index in [0.29, 0.717) is 0 Å². The fourth-order valence-electron chi connectivity index (χ4n) is 2.76. The number of aromatic nitrogens is 5. The quantitative estimate of drug-likeness (QED) is 0.785. The molecular weight excluding hydrogens is 324 g/mol. The van der Waals surface area contributed by atoms with Crippen LogP contribution in [0.1, 0.15) is 39.3 Å². The molecule has 0 aromatic carbocycles. The molecule has 3 aromatic heterocycles. The summed E-state index contributed by atoms with van der Waals surface area (Å²) in [6, 6.07) is 0. The smallest absolute Gasteiger partial charge is 0.214 e. The zero-order chi connectivity index (χ0) is 16.7. The molecule has 1 N–H and O–H groups in total. The van der Waals surface area contributed by atoms with Crippen LogP contribution in [0.3, 0.4) is 0 Å². The Morgan fingerprint density at radius 1 is 1.38 bits per heavy atom. The molecule has 1 aliphatic rings. The zero-order valence-corrected chi connectivity index (χ0v) is 15.0. The predicted molar refractivity (Wildman–Crippen MR) is 94.0 cm³/mol. The number of hydrogen-bond donors (Lipinski definition) is 1. The van der Waals surface area contributed by atoms with E-state index in [9.17, 15) is 0 Å². The Bertz CT molecular complexity index is 805. The lowest BCUT2D eigenvalue weighted by Gasteiger charge is -2.13. The molecule has 1 saturated heterocycles. The first kappa shape index (κ1) is 15.6. The van der Waals surface area contributed by atoms with Crippen LogP contribution in [0.15, 0.2) is 18.6 Å². The van der Waals surface area contributed by atoms with E-state index in [2.05, 4.69) is 41.3 Å². The van der Waals surface area contributed by atoms with E-state index < -0.39 is 0 Å². The second-order valence-electron chi connectivity index (χ2n) is 7.22. The molecule has 8 heteroatoms. The third-order valence-electron chi connectivity index (χ3n) is 4.11. The van der Waals surface area contributed by atoms with Gasteiger partial charge in [0.1, 0.15) is 0 Å². The van der Waals surface area contributed by atoms with Crippen molar-refractivity contribution >= 4 is 27.1 Å². The SMILES string of the molecule is CC(C)(C)c1cn2nc(Nc3cnn(C[C@H]4CCCO4)c3)sc2n1. The lowest BCUT2D eigenvalue weighted by atomic mass is 9.93. The van der Waals surface area contributed by atoms with Crippen LogP contribution in [0.2, 0.25) is 0 Å². The van der Waals surface area contributed by atoms with Gasteiger partial charge in [-0.3, -0.25) is 4.68 Å². The molecule has 0 spiro atoms. The van der Waals surface area contributed by atoms with E-state index in [1.807, 2.05) is 27.8 Å². The third-order valence-corrected chi connectivity index (χ3v) is 4.95. The highest BCUT2D eigenvalue weighted by Crippen LogP contribution is 2.27. The van der Waals surface area contributed by atoms with Crippen molar-refractivity contribution in [2.45, 2.75) is 51.7 Å². The molecule has 1 atom stereocenters. The first-order valence-electron chi connectivity index (χ1n) is 8.25. The first-order chi connectivity index (χ1) is 11.5. The van der Waals surface area contributed by atoms with Gasteiger partial charge in [-0.05, 0) is 12.8 Å². The lowest BCUT2D eigenvalue weighted by molar-refractivity contribution is 0.0940. The Hall–Kier alpha value is -1.93. The maximum atomic E-state index is 5.65. The van der Waals surface area contributed by atoms with Crippen LogP contribution in [0, 0.1) is 0 Å². The summed E-state index contributed by atoms with van der Waals surface area (Å²) >= 11 is 1.54. The maximum Gasteiger partial charge on any atom is 0.214 e. The molecule has 1 aliphatic heterocycles. The van der Waals surface area contributed by atoms with Gasteiger partial charge >= 0.3 is 0 Å². The molecule has 0 amide bonds. The molecule has 4 heterocycles. The number of fused-ring (bicyclic) bond motifs is 1. The highest BCUT2D eigenvalue weighted by atomic mass is 32.1. The van der Waals surface area contributed by atoms with Crippen molar-refractivity contribution in [2.75, 3.05) is 11.9 Å². The number of imidazole rings is 1. The molecule has 4 rings (SSSR count). The monoisotopic (exact) mass is 346 g/mol. The molecule has 0 saturated carbocycles. The van der Waals surface area contributed by atoms with Gasteiger partial charge in [0, 0.05) is 18.2 Å². The Labute approximate surface area is 144 Å². The second-order valence-corrected chi connectivity index (χ2v) is 8.18. The number of nitrogens with one attached hydrogen (secondary N) is 1. The number of ether oxygens (including phenoxy) is 1. The van der Waals surface area contributed by atoms with Gasteiger partial charge in [0.2, 0.25) is 10.1 Å². The lowest BCUT2D eigenvalue weighted by Crippen LogP contribution is -2.15. The summed E-state index contributed by atoms with van der Waals surface area (Å²) in [6.45, 7) is 8.13. The van der Waals surface area contributed by atoms with Gasteiger partial charge in [-0.1, -0.05) is 32.1 Å². The summed E-state index contributed by atoms with van der Waals surface area (Å²) < 4.78 is 9.41. The second kappa shape index (κ2) is 5.86. The summed E-state index contributed by atoms with van der Waals surface area (Å²) in [7, 11) is 0. The fourth-order valence-corrected chi connectivity index (χ4v) is 3.56. The standard InChI is InChI=1S/C16H22N6OS/c1-16(2,3)13-10-22-15(19-13)24-14(20-22)18-11-7-17-21(8-11)9-12-5-4-6-23-12/h7-8,10,12H,4-6,9H2,1-3H3,(H,18,20)/t12-/m1/s1. The highest BCUT2D eigenvalue weighted by Gasteiger charge is 2.20. The van der Waals surface area contributed by atoms with Gasteiger partial charge in [-0.25, -0.2) is 9.50 Å². The molecule has 0 radical (unpaired) electrons. The summed E-state index contributed by atoms with van der Waals surface area (Å²) in [5.74, 6) is 0. The van der Waals surface area contributed by atoms with Crippen LogP contribution in [0.25, 0.3) is 4.96 Å². The Morgan fingerprint density at radius 3 is 2.96 bits per heavy atom. The summed E-state index contributed by atoms with van der Waals surface area (Å²) in [6.07, 6.45) is 8.36. The number of anilines is 2. The molecular formula is C16H22N6OS. The minimum atomic E-state index is 0.0322. The van der Waals surface area contributed by atoms with Crippen molar-refractivity contribution in [1.82, 2.24) is 24.4 Å². The number of nitrogens with zero attached hydrogens (tertiary/aromatic N) is 5. The molecule has 24 heavy (non-hydrogen) atoms. The molecule has 128 valence electrons. The summed E-state index contributed by atoms with van der Waals surface area (Å²) in [5.41, 5.74) is 2.02. The van der Waals surface area contributed by atoms with Gasteiger partial charge < -0.3 is 10.1 Å². The van der Waals surface area contributed by atoms with Crippen molar-refractivity contribution in [1.29, 1.82) is 0 Å². The van der Waals surface area contributed by atoms with Gasteiger partial charge in [-0.2, -0.15) is 5.10 Å². The molecule has 3 aromatic rings. The minimum Gasteiger partial charge on any atom is -0.376 e. The largest absolute Gasteiger partial charge is 0.376 e. The van der Waals surface area contributed by atoms with Gasteiger partial charge in [0.25, 0.3) is 0 Å². The van der Waals surface area contributed by atoms with Gasteiger partial charge in [0.15, 0.2) is 0 Å². The van der Waals surface area contributed by atoms with E-state index in [0.717, 1.165) is 47.5 Å². The van der Waals surface area contributed by atoms with Crippen LogP contribution in [-0.4, -0.2) is 37.1 Å². The molecule has 0 bridgehead atoms. The van der Waals surface area contributed by atoms with Crippen LogP contribution >= 0.6 is 11.3 Å². The van der Waals surface area contributed by atoms with Crippen molar-refractivity contribution in [3.05, 3.63) is 24.3 Å². The highest BCUT2D eigenvalue weighted by molar-refractivity contribution is 7.20. The van der Waals surface area contributed by atoms with Crippen LogP contribution in [0.4, 0.5) is 10.8 Å². The average Bonchev–Trinajstić information content (AvgIpc) is 3.22. The minimum absolute atomic E-state index is 0.0322. The molecule has 0 aliphatic carbocycles. The summed E-state index contributed by atoms with van der Waals surface area (Å²) in [5, 5.41) is 13.1. The van der Waals surface area contributed by atoms with Crippen molar-refractivity contribution in [2.24, 2.45) is 0 Å². The Kier molecular flexibility index (Phi) is 3.80. The van der Waals surface area contributed by atoms with Gasteiger partial charge in [-0.15, -0.1) is 5.10 Å². The number of rotatable bonds is 4. The van der Waals surface area contributed by atoms with Crippen LogP contribution in [-0.2, 0) is 16.7 Å². The predicted octanol–water partition coefficient (Wildman–Crippen LogP) is 3.21. The molecule has 7 nitrogen and oxygen atoms in total. The number of hydrogen-bond acceptors (Lipinski definition) is 6. The average molecular weight is 346 g/mol.